The van der Waals surface area contributed by atoms with Crippen molar-refractivity contribution in [3.63, 3.8) is 0 Å². The summed E-state index contributed by atoms with van der Waals surface area (Å²) < 4.78 is 6.59. The predicted molar refractivity (Wildman–Crippen MR) is 104 cm³/mol. The fraction of sp³-hybridized carbons (Fsp3) is 0.222. The van der Waals surface area contributed by atoms with Gasteiger partial charge in [0.15, 0.2) is 0 Å². The number of benzene rings is 1. The minimum atomic E-state index is -0.225. The van der Waals surface area contributed by atoms with Crippen LogP contribution >= 0.6 is 23.5 Å². The van der Waals surface area contributed by atoms with Gasteiger partial charge in [0.25, 0.3) is 5.91 Å². The van der Waals surface area contributed by atoms with Gasteiger partial charge in [0.05, 0.1) is 16.5 Å². The number of pyridine rings is 1. The molecule has 0 saturated carbocycles. The van der Waals surface area contributed by atoms with Crippen LogP contribution in [0.25, 0.3) is 17.0 Å². The van der Waals surface area contributed by atoms with Crippen LogP contribution in [-0.2, 0) is 4.79 Å². The number of carbonyl (C=O) groups excluding carboxylic acids is 1. The number of aromatic nitrogens is 1. The third-order valence-corrected chi connectivity index (χ3v) is 5.36. The number of aliphatic imine (C=N–C) groups is 1. The number of amides is 1. The lowest BCUT2D eigenvalue weighted by Crippen LogP contribution is -2.07. The van der Waals surface area contributed by atoms with E-state index in [9.17, 15) is 10.1 Å². The number of thioether (sulfide) groups is 2. The fourth-order valence-corrected chi connectivity index (χ4v) is 3.77. The molecular formula is C18H15N3O2S2. The van der Waals surface area contributed by atoms with Crippen LogP contribution in [-0.4, -0.2) is 27.6 Å². The van der Waals surface area contributed by atoms with E-state index in [-0.39, 0.29) is 12.0 Å². The lowest BCUT2D eigenvalue weighted by Gasteiger charge is -2.14. The van der Waals surface area contributed by atoms with Crippen molar-refractivity contribution >= 4 is 50.8 Å². The highest BCUT2D eigenvalue weighted by Gasteiger charge is 2.21. The van der Waals surface area contributed by atoms with E-state index in [1.807, 2.05) is 38.3 Å². The van der Waals surface area contributed by atoms with Gasteiger partial charge in [-0.15, -0.1) is 11.8 Å². The number of hydrogen-bond donors (Lipinski definition) is 0. The zero-order valence-corrected chi connectivity index (χ0v) is 15.6. The topological polar surface area (TPSA) is 75.3 Å². The molecule has 0 atom stereocenters. The monoisotopic (exact) mass is 369 g/mol. The van der Waals surface area contributed by atoms with Crippen molar-refractivity contribution in [1.29, 1.82) is 5.26 Å². The van der Waals surface area contributed by atoms with Crippen LogP contribution in [0.4, 0.5) is 0 Å². The van der Waals surface area contributed by atoms with Gasteiger partial charge in [0.2, 0.25) is 0 Å². The fourth-order valence-electron chi connectivity index (χ4n) is 2.35. The van der Waals surface area contributed by atoms with E-state index >= 15 is 0 Å². The van der Waals surface area contributed by atoms with Crippen molar-refractivity contribution < 1.29 is 9.53 Å². The highest BCUT2D eigenvalue weighted by atomic mass is 32.2. The molecule has 0 saturated heterocycles. The molecule has 0 aliphatic carbocycles. The van der Waals surface area contributed by atoms with Crippen molar-refractivity contribution in [3.05, 3.63) is 40.4 Å². The Balaban J connectivity index is 2.08. The molecule has 1 aromatic heterocycles. The zero-order valence-electron chi connectivity index (χ0n) is 13.9. The first-order valence-electron chi connectivity index (χ1n) is 7.58. The first-order chi connectivity index (χ1) is 12.0. The van der Waals surface area contributed by atoms with E-state index in [0.717, 1.165) is 20.8 Å². The Labute approximate surface area is 154 Å². The summed E-state index contributed by atoms with van der Waals surface area (Å²) in [6, 6.07) is 7.76. The van der Waals surface area contributed by atoms with Gasteiger partial charge in [-0.1, -0.05) is 17.8 Å². The molecule has 7 heteroatoms. The Bertz CT molecular complexity index is 959. The van der Waals surface area contributed by atoms with Crippen LogP contribution in [0.1, 0.15) is 25.0 Å². The van der Waals surface area contributed by atoms with Crippen molar-refractivity contribution in [2.24, 2.45) is 4.99 Å². The van der Waals surface area contributed by atoms with Crippen LogP contribution < -0.4 is 4.74 Å². The second-order valence-electron chi connectivity index (χ2n) is 5.55. The second-order valence-corrected chi connectivity index (χ2v) is 7.64. The van der Waals surface area contributed by atoms with Crippen molar-refractivity contribution in [1.82, 2.24) is 4.98 Å². The molecule has 1 aromatic carbocycles. The highest BCUT2D eigenvalue weighted by Crippen LogP contribution is 2.34. The molecule has 0 bridgehead atoms. The third-order valence-electron chi connectivity index (χ3n) is 3.39. The first kappa shape index (κ1) is 17.5. The van der Waals surface area contributed by atoms with E-state index in [1.54, 1.807) is 6.08 Å². The molecule has 126 valence electrons. The van der Waals surface area contributed by atoms with Gasteiger partial charge in [-0.25, -0.2) is 0 Å². The molecule has 0 spiro atoms. The van der Waals surface area contributed by atoms with Crippen LogP contribution in [0.15, 0.2) is 34.3 Å². The van der Waals surface area contributed by atoms with Gasteiger partial charge in [-0.3, -0.25) is 9.78 Å². The van der Waals surface area contributed by atoms with Gasteiger partial charge in [-0.2, -0.15) is 10.3 Å². The van der Waals surface area contributed by atoms with Crippen LogP contribution in [0.3, 0.4) is 0 Å². The molecule has 0 N–H and O–H groups in total. The van der Waals surface area contributed by atoms with E-state index in [4.69, 9.17) is 4.74 Å². The average Bonchev–Trinajstić information content (AvgIpc) is 2.95. The number of nitriles is 1. The van der Waals surface area contributed by atoms with Gasteiger partial charge in [0.1, 0.15) is 21.8 Å². The maximum absolute atomic E-state index is 12.0. The van der Waals surface area contributed by atoms with E-state index in [0.29, 0.717) is 16.2 Å². The standard InChI is InChI=1S/C18H15N3O2S2/c1-10(2)23-16-12(8-19)9-20-14-5-4-11(6-13(14)16)7-15-17(22)21-18(24-3)25-15/h4-7,9-10H,1-3H3. The van der Waals surface area contributed by atoms with Crippen molar-refractivity contribution in [2.45, 2.75) is 20.0 Å². The molecule has 25 heavy (non-hydrogen) atoms. The first-order valence-corrected chi connectivity index (χ1v) is 9.62. The summed E-state index contributed by atoms with van der Waals surface area (Å²) in [7, 11) is 0. The zero-order chi connectivity index (χ0) is 18.0. The summed E-state index contributed by atoms with van der Waals surface area (Å²) in [5, 5.41) is 10.1. The highest BCUT2D eigenvalue weighted by molar-refractivity contribution is 8.40. The van der Waals surface area contributed by atoms with Gasteiger partial charge < -0.3 is 4.74 Å². The summed E-state index contributed by atoms with van der Waals surface area (Å²) in [6.45, 7) is 3.82. The Hall–Kier alpha value is -2.30. The van der Waals surface area contributed by atoms with Crippen LogP contribution in [0, 0.1) is 11.3 Å². The van der Waals surface area contributed by atoms with Crippen LogP contribution in [0.5, 0.6) is 5.75 Å². The van der Waals surface area contributed by atoms with E-state index in [2.05, 4.69) is 16.0 Å². The third kappa shape index (κ3) is 3.70. The molecule has 1 aliphatic heterocycles. The number of rotatable bonds is 3. The summed E-state index contributed by atoms with van der Waals surface area (Å²) in [6.07, 6.45) is 5.15. The molecule has 0 fully saturated rings. The average molecular weight is 369 g/mol. The quantitative estimate of drug-likeness (QED) is 0.754. The Morgan fingerprint density at radius 2 is 2.20 bits per heavy atom. The largest absolute Gasteiger partial charge is 0.489 e. The molecule has 1 amide bonds. The lowest BCUT2D eigenvalue weighted by molar-refractivity contribution is -0.113. The lowest BCUT2D eigenvalue weighted by atomic mass is 10.1. The summed E-state index contributed by atoms with van der Waals surface area (Å²) in [5.74, 6) is 0.297. The molecule has 5 nitrogen and oxygen atoms in total. The van der Waals surface area contributed by atoms with Crippen molar-refractivity contribution in [2.75, 3.05) is 6.26 Å². The molecule has 1 aliphatic rings. The van der Waals surface area contributed by atoms with Gasteiger partial charge >= 0.3 is 0 Å². The number of carbonyl (C=O) groups is 1. The normalized spacial score (nSPS) is 15.7. The number of hydrogen-bond acceptors (Lipinski definition) is 6. The van der Waals surface area contributed by atoms with Gasteiger partial charge in [0, 0.05) is 11.6 Å². The Kier molecular flexibility index (Phi) is 5.11. The Morgan fingerprint density at radius 3 is 2.84 bits per heavy atom. The van der Waals surface area contributed by atoms with E-state index < -0.39 is 0 Å². The van der Waals surface area contributed by atoms with Crippen LogP contribution in [0.2, 0.25) is 0 Å². The summed E-state index contributed by atoms with van der Waals surface area (Å²) in [5.41, 5.74) is 1.97. The molecule has 3 rings (SSSR count). The smallest absolute Gasteiger partial charge is 0.285 e. The second kappa shape index (κ2) is 7.30. The maximum Gasteiger partial charge on any atom is 0.285 e. The molecule has 2 heterocycles. The molecule has 0 radical (unpaired) electrons. The molecule has 2 aromatic rings. The number of nitrogens with zero attached hydrogens (tertiary/aromatic N) is 3. The Morgan fingerprint density at radius 1 is 1.40 bits per heavy atom. The predicted octanol–water partition coefficient (Wildman–Crippen LogP) is 4.23. The molecular weight excluding hydrogens is 354 g/mol. The summed E-state index contributed by atoms with van der Waals surface area (Å²) >= 11 is 2.82. The minimum Gasteiger partial charge on any atom is -0.489 e. The summed E-state index contributed by atoms with van der Waals surface area (Å²) in [4.78, 5) is 20.8. The maximum atomic E-state index is 12.0. The van der Waals surface area contributed by atoms with Crippen molar-refractivity contribution in [3.8, 4) is 11.8 Å². The molecule has 0 unspecified atom stereocenters. The number of fused-ring (bicyclic) bond motifs is 1. The minimum absolute atomic E-state index is 0.0655. The van der Waals surface area contributed by atoms with Gasteiger partial charge in [-0.05, 0) is 43.9 Å². The van der Waals surface area contributed by atoms with E-state index in [1.165, 1.54) is 29.7 Å². The SMILES string of the molecule is CSC1=NC(=O)C(=Cc2ccc3ncc(C#N)c(OC(C)C)c3c2)S1. The number of ether oxygens (including phenoxy) is 1.